The molecule has 3 aromatic rings. The van der Waals surface area contributed by atoms with Crippen LogP contribution in [0.25, 0.3) is 6.08 Å². The van der Waals surface area contributed by atoms with Crippen molar-refractivity contribution in [1.29, 1.82) is 0 Å². The van der Waals surface area contributed by atoms with Gasteiger partial charge in [0.1, 0.15) is 11.5 Å². The highest BCUT2D eigenvalue weighted by molar-refractivity contribution is 9.10. The number of furan rings is 1. The van der Waals surface area contributed by atoms with E-state index < -0.39 is 0 Å². The Bertz CT molecular complexity index is 1190. The number of methoxy groups -OCH3 is 1. The average molecular weight is 550 g/mol. The molecule has 2 aromatic carbocycles. The van der Waals surface area contributed by atoms with Gasteiger partial charge in [-0.25, -0.2) is 4.99 Å². The molecule has 9 heteroatoms. The lowest BCUT2D eigenvalue weighted by molar-refractivity contribution is -0.122. The van der Waals surface area contributed by atoms with Crippen LogP contribution in [-0.4, -0.2) is 29.6 Å². The molecule has 164 valence electrons. The Hall–Kier alpha value is -2.13. The first-order valence-electron chi connectivity index (χ1n) is 9.63. The molecule has 0 aliphatic carbocycles. The minimum Gasteiger partial charge on any atom is -0.497 e. The van der Waals surface area contributed by atoms with Crippen molar-refractivity contribution in [2.45, 2.75) is 16.9 Å². The summed E-state index contributed by atoms with van der Waals surface area (Å²) in [7, 11) is 1.62. The molecular weight excluding hydrogens is 532 g/mol. The summed E-state index contributed by atoms with van der Waals surface area (Å²) in [4.78, 5) is 20.8. The lowest BCUT2D eigenvalue weighted by Crippen LogP contribution is -2.28. The average Bonchev–Trinajstić information content (AvgIpc) is 3.28. The lowest BCUT2D eigenvalue weighted by Gasteiger charge is -2.12. The van der Waals surface area contributed by atoms with Crippen molar-refractivity contribution in [3.05, 3.63) is 74.8 Å². The molecule has 1 fully saturated rings. The summed E-state index contributed by atoms with van der Waals surface area (Å²) in [6.07, 6.45) is 1.75. The highest BCUT2D eigenvalue weighted by Gasteiger charge is 2.32. The predicted molar refractivity (Wildman–Crippen MR) is 135 cm³/mol. The van der Waals surface area contributed by atoms with Gasteiger partial charge in [-0.15, -0.1) is 0 Å². The van der Waals surface area contributed by atoms with Gasteiger partial charge in [0.15, 0.2) is 10.3 Å². The molecule has 0 bridgehead atoms. The van der Waals surface area contributed by atoms with Crippen LogP contribution in [0, 0.1) is 0 Å². The number of halogens is 2. The fraction of sp³-hybridized carbons (Fsp3) is 0.130. The Morgan fingerprint density at radius 3 is 2.59 bits per heavy atom. The first-order valence-corrected chi connectivity index (χ1v) is 12.4. The largest absolute Gasteiger partial charge is 0.497 e. The van der Waals surface area contributed by atoms with Gasteiger partial charge in [-0.1, -0.05) is 23.4 Å². The molecule has 1 aliphatic heterocycles. The Kier molecular flexibility index (Phi) is 7.35. The molecule has 0 radical (unpaired) electrons. The maximum absolute atomic E-state index is 12.9. The van der Waals surface area contributed by atoms with Crippen LogP contribution < -0.4 is 4.74 Å². The fourth-order valence-corrected chi connectivity index (χ4v) is 5.38. The number of amides is 1. The summed E-state index contributed by atoms with van der Waals surface area (Å²) in [5.41, 5.74) is 0.753. The number of amidine groups is 1. The third kappa shape index (κ3) is 5.26. The number of nitrogens with zero attached hydrogens (tertiary/aromatic N) is 2. The molecule has 4 rings (SSSR count). The van der Waals surface area contributed by atoms with Crippen LogP contribution in [0.2, 0.25) is 5.02 Å². The number of benzene rings is 2. The summed E-state index contributed by atoms with van der Waals surface area (Å²) in [6.45, 7) is 2.45. The van der Waals surface area contributed by atoms with Gasteiger partial charge in [0.25, 0.3) is 5.91 Å². The van der Waals surface area contributed by atoms with E-state index in [-0.39, 0.29) is 5.91 Å². The number of hydrogen-bond acceptors (Lipinski definition) is 6. The minimum absolute atomic E-state index is 0.0933. The van der Waals surface area contributed by atoms with E-state index in [4.69, 9.17) is 20.8 Å². The molecule has 1 amide bonds. The zero-order valence-corrected chi connectivity index (χ0v) is 21.1. The van der Waals surface area contributed by atoms with Gasteiger partial charge in [-0.05, 0) is 89.2 Å². The van der Waals surface area contributed by atoms with Crippen molar-refractivity contribution >= 4 is 73.9 Å². The van der Waals surface area contributed by atoms with E-state index in [9.17, 15) is 4.79 Å². The Balaban J connectivity index is 1.56. The zero-order chi connectivity index (χ0) is 22.7. The fourth-order valence-electron chi connectivity index (χ4n) is 2.89. The van der Waals surface area contributed by atoms with Crippen LogP contribution in [0.4, 0.5) is 5.69 Å². The Morgan fingerprint density at radius 2 is 1.94 bits per heavy atom. The van der Waals surface area contributed by atoms with E-state index in [0.717, 1.165) is 20.8 Å². The standard InChI is InChI=1S/C23H18BrClN2O3S2/c1-3-27-21(28)20(32-23(27)26-15-6-8-16(29-2)9-7-15)13-17-12-19(24)22(30-17)31-18-10-4-14(25)5-11-18/h4-13H,3H2,1-2H3/b20-13+,26-23?. The van der Waals surface area contributed by atoms with Crippen LogP contribution >= 0.6 is 51.1 Å². The summed E-state index contributed by atoms with van der Waals surface area (Å²) in [6, 6.07) is 16.8. The number of likely N-dealkylation sites (N-methyl/N-ethyl adjacent to an activating group) is 1. The SMILES string of the molecule is CCN1C(=O)/C(=C\c2cc(Br)c(Sc3ccc(Cl)cc3)o2)SC1=Nc1ccc(OC)cc1. The monoisotopic (exact) mass is 548 g/mol. The summed E-state index contributed by atoms with van der Waals surface area (Å²) in [5, 5.41) is 2.02. The first kappa shape index (κ1) is 23.0. The highest BCUT2D eigenvalue weighted by atomic mass is 79.9. The second kappa shape index (κ2) is 10.2. The number of aliphatic imine (C=N–C) groups is 1. The molecule has 2 heterocycles. The second-order valence-electron chi connectivity index (χ2n) is 6.59. The number of carbonyl (C=O) groups excluding carboxylic acids is 1. The van der Waals surface area contributed by atoms with Crippen LogP contribution in [0.3, 0.4) is 0 Å². The maximum Gasteiger partial charge on any atom is 0.266 e. The minimum atomic E-state index is -0.0933. The van der Waals surface area contributed by atoms with E-state index in [2.05, 4.69) is 20.9 Å². The molecule has 1 aromatic heterocycles. The molecule has 1 aliphatic rings. The molecule has 5 nitrogen and oxygen atoms in total. The smallest absolute Gasteiger partial charge is 0.266 e. The lowest BCUT2D eigenvalue weighted by atomic mass is 10.3. The first-order chi connectivity index (χ1) is 15.5. The third-order valence-corrected chi connectivity index (χ3v) is 7.58. The summed E-state index contributed by atoms with van der Waals surface area (Å²) in [5.74, 6) is 1.25. The molecule has 1 saturated heterocycles. The van der Waals surface area contributed by atoms with Crippen LogP contribution in [-0.2, 0) is 4.79 Å². The highest BCUT2D eigenvalue weighted by Crippen LogP contribution is 2.39. The van der Waals surface area contributed by atoms with Crippen molar-refractivity contribution < 1.29 is 13.9 Å². The quantitative estimate of drug-likeness (QED) is 0.298. The molecule has 0 unspecified atom stereocenters. The van der Waals surface area contributed by atoms with E-state index >= 15 is 0 Å². The van der Waals surface area contributed by atoms with Crippen molar-refractivity contribution in [3.8, 4) is 5.75 Å². The van der Waals surface area contributed by atoms with Crippen molar-refractivity contribution in [2.75, 3.05) is 13.7 Å². The van der Waals surface area contributed by atoms with Crippen molar-refractivity contribution in [2.24, 2.45) is 4.99 Å². The zero-order valence-electron chi connectivity index (χ0n) is 17.2. The predicted octanol–water partition coefficient (Wildman–Crippen LogP) is 7.48. The molecule has 0 atom stereocenters. The van der Waals surface area contributed by atoms with Crippen LogP contribution in [0.1, 0.15) is 12.7 Å². The van der Waals surface area contributed by atoms with Gasteiger partial charge in [-0.3, -0.25) is 9.69 Å². The van der Waals surface area contributed by atoms with E-state index in [1.54, 1.807) is 18.1 Å². The normalized spacial score (nSPS) is 16.4. The molecule has 0 saturated carbocycles. The second-order valence-corrected chi connectivity index (χ2v) is 9.94. The van der Waals surface area contributed by atoms with Crippen molar-refractivity contribution in [3.63, 3.8) is 0 Å². The molecule has 0 spiro atoms. The number of ether oxygens (including phenoxy) is 1. The van der Waals surface area contributed by atoms with Gasteiger partial charge in [-0.2, -0.15) is 0 Å². The summed E-state index contributed by atoms with van der Waals surface area (Å²) < 4.78 is 12.0. The molecular formula is C23H18BrClN2O3S2. The van der Waals surface area contributed by atoms with E-state index in [0.29, 0.717) is 32.5 Å². The number of thioether (sulfide) groups is 1. The topological polar surface area (TPSA) is 55.0 Å². The van der Waals surface area contributed by atoms with Gasteiger partial charge < -0.3 is 9.15 Å². The van der Waals surface area contributed by atoms with E-state index in [1.807, 2.05) is 61.5 Å². The summed E-state index contributed by atoms with van der Waals surface area (Å²) >= 11 is 12.3. The number of rotatable bonds is 6. The van der Waals surface area contributed by atoms with Crippen LogP contribution in [0.5, 0.6) is 5.75 Å². The molecule has 0 N–H and O–H groups in total. The van der Waals surface area contributed by atoms with E-state index in [1.165, 1.54) is 23.5 Å². The van der Waals surface area contributed by atoms with Gasteiger partial charge in [0.05, 0.1) is 22.2 Å². The third-order valence-electron chi connectivity index (χ3n) is 4.47. The maximum atomic E-state index is 12.9. The Morgan fingerprint density at radius 1 is 1.22 bits per heavy atom. The number of carbonyl (C=O) groups is 1. The van der Waals surface area contributed by atoms with Gasteiger partial charge in [0, 0.05) is 22.5 Å². The van der Waals surface area contributed by atoms with Gasteiger partial charge >= 0.3 is 0 Å². The van der Waals surface area contributed by atoms with Crippen molar-refractivity contribution in [1.82, 2.24) is 4.90 Å². The molecule has 32 heavy (non-hydrogen) atoms. The Labute approximate surface area is 208 Å². The van der Waals surface area contributed by atoms with Gasteiger partial charge in [0.2, 0.25) is 0 Å². The van der Waals surface area contributed by atoms with Crippen LogP contribution in [0.15, 0.2) is 83.4 Å². The number of hydrogen-bond donors (Lipinski definition) is 0.